The number of thiophene rings is 1. The molecule has 0 bridgehead atoms. The Labute approximate surface area is 148 Å². The molecule has 2 aromatic rings. The SMILES string of the molecule is CC1(C)C[C@H](NC(=S)Nc2ccsc2)c2cc(Br)ccc2O1. The lowest BCUT2D eigenvalue weighted by Crippen LogP contribution is -2.42. The molecule has 1 aliphatic heterocycles. The fourth-order valence-corrected chi connectivity index (χ4v) is 3.84. The minimum absolute atomic E-state index is 0.120. The average Bonchev–Trinajstić information content (AvgIpc) is 2.91. The van der Waals surface area contributed by atoms with Crippen molar-refractivity contribution in [3.8, 4) is 5.75 Å². The zero-order chi connectivity index (χ0) is 15.7. The molecule has 2 heterocycles. The van der Waals surface area contributed by atoms with Crippen LogP contribution < -0.4 is 15.4 Å². The molecule has 22 heavy (non-hydrogen) atoms. The van der Waals surface area contributed by atoms with Crippen molar-refractivity contribution >= 4 is 50.3 Å². The van der Waals surface area contributed by atoms with Gasteiger partial charge in [0.1, 0.15) is 11.4 Å². The minimum atomic E-state index is -0.226. The van der Waals surface area contributed by atoms with Crippen molar-refractivity contribution in [1.29, 1.82) is 0 Å². The maximum Gasteiger partial charge on any atom is 0.171 e. The smallest absolute Gasteiger partial charge is 0.171 e. The Morgan fingerprint density at radius 2 is 2.23 bits per heavy atom. The van der Waals surface area contributed by atoms with Crippen molar-refractivity contribution in [2.75, 3.05) is 5.32 Å². The third-order valence-electron chi connectivity index (χ3n) is 3.51. The first-order valence-electron chi connectivity index (χ1n) is 7.01. The highest BCUT2D eigenvalue weighted by Gasteiger charge is 2.34. The fourth-order valence-electron chi connectivity index (χ4n) is 2.62. The zero-order valence-corrected chi connectivity index (χ0v) is 15.6. The Kier molecular flexibility index (Phi) is 4.43. The van der Waals surface area contributed by atoms with Gasteiger partial charge in [0.2, 0.25) is 0 Å². The molecular weight excluding hydrogens is 380 g/mol. The Morgan fingerprint density at radius 1 is 1.41 bits per heavy atom. The summed E-state index contributed by atoms with van der Waals surface area (Å²) in [6, 6.07) is 8.23. The van der Waals surface area contributed by atoms with Crippen LogP contribution in [0.2, 0.25) is 0 Å². The molecule has 0 aliphatic carbocycles. The highest BCUT2D eigenvalue weighted by atomic mass is 79.9. The summed E-state index contributed by atoms with van der Waals surface area (Å²) < 4.78 is 7.11. The molecule has 1 atom stereocenters. The summed E-state index contributed by atoms with van der Waals surface area (Å²) in [5.41, 5.74) is 1.92. The molecule has 0 radical (unpaired) electrons. The van der Waals surface area contributed by atoms with Crippen LogP contribution in [0, 0.1) is 0 Å². The van der Waals surface area contributed by atoms with Gasteiger partial charge < -0.3 is 15.4 Å². The number of ether oxygens (including phenoxy) is 1. The van der Waals surface area contributed by atoms with Crippen LogP contribution >= 0.6 is 39.5 Å². The maximum absolute atomic E-state index is 6.07. The van der Waals surface area contributed by atoms with E-state index < -0.39 is 0 Å². The van der Waals surface area contributed by atoms with E-state index in [9.17, 15) is 0 Å². The van der Waals surface area contributed by atoms with E-state index in [1.54, 1.807) is 11.3 Å². The highest BCUT2D eigenvalue weighted by molar-refractivity contribution is 9.10. The van der Waals surface area contributed by atoms with Gasteiger partial charge in [0.25, 0.3) is 0 Å². The molecule has 3 nitrogen and oxygen atoms in total. The van der Waals surface area contributed by atoms with Gasteiger partial charge in [0.15, 0.2) is 5.11 Å². The Balaban J connectivity index is 1.80. The molecule has 6 heteroatoms. The standard InChI is InChI=1S/C16H17BrN2OS2/c1-16(2)8-13(12-7-10(17)3-4-14(12)20-16)19-15(21)18-11-5-6-22-9-11/h3-7,9,13H,8H2,1-2H3,(H2,18,19,21)/t13-/m0/s1. The Morgan fingerprint density at radius 3 is 2.95 bits per heavy atom. The van der Waals surface area contributed by atoms with Crippen molar-refractivity contribution in [1.82, 2.24) is 5.32 Å². The zero-order valence-electron chi connectivity index (χ0n) is 12.4. The molecular formula is C16H17BrN2OS2. The lowest BCUT2D eigenvalue weighted by Gasteiger charge is -2.38. The van der Waals surface area contributed by atoms with Crippen molar-refractivity contribution in [2.45, 2.75) is 31.9 Å². The molecule has 0 amide bonds. The number of hydrogen-bond acceptors (Lipinski definition) is 3. The fraction of sp³-hybridized carbons (Fsp3) is 0.312. The van der Waals surface area contributed by atoms with E-state index in [1.165, 1.54) is 0 Å². The quantitative estimate of drug-likeness (QED) is 0.691. The number of benzene rings is 1. The third kappa shape index (κ3) is 3.62. The summed E-state index contributed by atoms with van der Waals surface area (Å²) in [6.07, 6.45) is 0.849. The van der Waals surface area contributed by atoms with Crippen molar-refractivity contribution < 1.29 is 4.74 Å². The van der Waals surface area contributed by atoms with Gasteiger partial charge in [-0.25, -0.2) is 0 Å². The van der Waals surface area contributed by atoms with Gasteiger partial charge in [-0.05, 0) is 55.7 Å². The van der Waals surface area contributed by atoms with Crippen LogP contribution in [0.25, 0.3) is 0 Å². The van der Waals surface area contributed by atoms with Gasteiger partial charge in [-0.1, -0.05) is 15.9 Å². The van der Waals surface area contributed by atoms with Gasteiger partial charge >= 0.3 is 0 Å². The number of fused-ring (bicyclic) bond motifs is 1. The van der Waals surface area contributed by atoms with Crippen molar-refractivity contribution in [3.63, 3.8) is 0 Å². The molecule has 0 fully saturated rings. The molecule has 1 aromatic heterocycles. The van der Waals surface area contributed by atoms with Gasteiger partial charge in [0.05, 0.1) is 11.7 Å². The first-order chi connectivity index (χ1) is 10.4. The molecule has 0 saturated heterocycles. The number of hydrogen-bond donors (Lipinski definition) is 2. The summed E-state index contributed by atoms with van der Waals surface area (Å²) >= 11 is 10.6. The number of rotatable bonds is 2. The lowest BCUT2D eigenvalue weighted by atomic mass is 9.90. The predicted octanol–water partition coefficient (Wildman–Crippen LogP) is 5.10. The van der Waals surface area contributed by atoms with E-state index in [2.05, 4.69) is 46.5 Å². The lowest BCUT2D eigenvalue weighted by molar-refractivity contribution is 0.0696. The second kappa shape index (κ2) is 6.18. The summed E-state index contributed by atoms with van der Waals surface area (Å²) in [5.74, 6) is 0.912. The van der Waals surface area contributed by atoms with E-state index >= 15 is 0 Å². The van der Waals surface area contributed by atoms with Crippen molar-refractivity contribution in [2.24, 2.45) is 0 Å². The van der Waals surface area contributed by atoms with Gasteiger partial charge in [-0.15, -0.1) is 0 Å². The van der Waals surface area contributed by atoms with Crippen LogP contribution in [-0.4, -0.2) is 10.7 Å². The largest absolute Gasteiger partial charge is 0.487 e. The topological polar surface area (TPSA) is 33.3 Å². The summed E-state index contributed by atoms with van der Waals surface area (Å²) in [7, 11) is 0. The first kappa shape index (κ1) is 15.8. The molecule has 3 rings (SSSR count). The monoisotopic (exact) mass is 396 g/mol. The maximum atomic E-state index is 6.07. The Hall–Kier alpha value is -1.11. The van der Waals surface area contributed by atoms with Crippen LogP contribution in [0.1, 0.15) is 31.9 Å². The predicted molar refractivity (Wildman–Crippen MR) is 99.9 cm³/mol. The van der Waals surface area contributed by atoms with E-state index in [4.69, 9.17) is 17.0 Å². The van der Waals surface area contributed by atoms with Gasteiger partial charge in [-0.2, -0.15) is 11.3 Å². The number of anilines is 1. The molecule has 0 spiro atoms. The van der Waals surface area contributed by atoms with Crippen LogP contribution in [0.15, 0.2) is 39.5 Å². The van der Waals surface area contributed by atoms with Gasteiger partial charge in [0, 0.05) is 21.8 Å². The normalized spacial score (nSPS) is 19.0. The molecule has 116 valence electrons. The van der Waals surface area contributed by atoms with Crippen LogP contribution in [0.3, 0.4) is 0 Å². The second-order valence-electron chi connectivity index (χ2n) is 5.91. The molecule has 0 unspecified atom stereocenters. The third-order valence-corrected chi connectivity index (χ3v) is 4.91. The molecule has 1 aromatic carbocycles. The number of halogens is 1. The van der Waals surface area contributed by atoms with E-state index in [1.807, 2.05) is 29.0 Å². The average molecular weight is 397 g/mol. The van der Waals surface area contributed by atoms with Crippen LogP contribution in [0.5, 0.6) is 5.75 Å². The summed E-state index contributed by atoms with van der Waals surface area (Å²) in [4.78, 5) is 0. The summed E-state index contributed by atoms with van der Waals surface area (Å²) in [6.45, 7) is 4.20. The second-order valence-corrected chi connectivity index (χ2v) is 8.02. The van der Waals surface area contributed by atoms with E-state index in [-0.39, 0.29) is 11.6 Å². The molecule has 2 N–H and O–H groups in total. The highest BCUT2D eigenvalue weighted by Crippen LogP contribution is 2.40. The molecule has 0 saturated carbocycles. The molecule has 1 aliphatic rings. The van der Waals surface area contributed by atoms with Crippen LogP contribution in [0.4, 0.5) is 5.69 Å². The number of nitrogens with one attached hydrogen (secondary N) is 2. The van der Waals surface area contributed by atoms with E-state index in [0.717, 1.165) is 27.9 Å². The minimum Gasteiger partial charge on any atom is -0.487 e. The Bertz CT molecular complexity index is 685. The van der Waals surface area contributed by atoms with E-state index in [0.29, 0.717) is 5.11 Å². The summed E-state index contributed by atoms with van der Waals surface area (Å²) in [5, 5.41) is 11.3. The van der Waals surface area contributed by atoms with Gasteiger partial charge in [-0.3, -0.25) is 0 Å². The first-order valence-corrected chi connectivity index (χ1v) is 9.15. The van der Waals surface area contributed by atoms with Crippen LogP contribution in [-0.2, 0) is 0 Å². The van der Waals surface area contributed by atoms with Crippen molar-refractivity contribution in [3.05, 3.63) is 45.1 Å². The number of thiocarbonyl (C=S) groups is 1.